The van der Waals surface area contributed by atoms with E-state index in [4.69, 9.17) is 9.29 Å². The molecule has 2 aromatic carbocycles. The molecule has 0 bridgehead atoms. The maximum absolute atomic E-state index is 12.0. The van der Waals surface area contributed by atoms with Crippen LogP contribution in [0.15, 0.2) is 42.5 Å². The lowest BCUT2D eigenvalue weighted by Crippen LogP contribution is -2.32. The van der Waals surface area contributed by atoms with Crippen molar-refractivity contribution in [2.24, 2.45) is 7.05 Å². The molecule has 0 spiro atoms. The number of benzene rings is 2. The van der Waals surface area contributed by atoms with E-state index in [2.05, 4.69) is 46.2 Å². The molecule has 1 aliphatic rings. The van der Waals surface area contributed by atoms with Gasteiger partial charge in [-0.05, 0) is 60.2 Å². The first-order valence-corrected chi connectivity index (χ1v) is 15.7. The molecule has 0 amide bonds. The number of nitrogens with zero attached hydrogens (tertiary/aromatic N) is 5. The van der Waals surface area contributed by atoms with Gasteiger partial charge in [0, 0.05) is 38.7 Å². The number of carbonyl (C=O) groups is 1. The highest BCUT2D eigenvalue weighted by molar-refractivity contribution is 7.85. The smallest absolute Gasteiger partial charge is 0.304 e. The van der Waals surface area contributed by atoms with Crippen LogP contribution in [-0.4, -0.2) is 78.4 Å². The van der Waals surface area contributed by atoms with Crippen molar-refractivity contribution in [1.29, 1.82) is 0 Å². The fourth-order valence-corrected chi connectivity index (χ4v) is 5.34. The van der Waals surface area contributed by atoms with E-state index in [9.17, 15) is 23.4 Å². The van der Waals surface area contributed by atoms with Crippen molar-refractivity contribution in [3.8, 4) is 11.6 Å². The molecule has 14 heteroatoms. The van der Waals surface area contributed by atoms with Crippen molar-refractivity contribution in [3.63, 3.8) is 0 Å². The number of carboxylic acids is 1. The van der Waals surface area contributed by atoms with E-state index in [-0.39, 0.29) is 29.8 Å². The molecule has 13 nitrogen and oxygen atoms in total. The quantitative estimate of drug-likeness (QED) is 0.254. The summed E-state index contributed by atoms with van der Waals surface area (Å²) in [6.45, 7) is 8.08. The van der Waals surface area contributed by atoms with Crippen molar-refractivity contribution in [3.05, 3.63) is 76.0 Å². The Balaban J connectivity index is 0.000000817. The van der Waals surface area contributed by atoms with Gasteiger partial charge in [-0.25, -0.2) is 9.67 Å². The predicted molar refractivity (Wildman–Crippen MR) is 164 cm³/mol. The standard InChI is InChI=1S/C29H33N5O4.CH4O3S.H2O/c1-5-21-15-34(16-24-26(38-21)10-11-27(35)30-24)14-20-12-19(7-6-17(20)2)23(13-28(36)37)22-8-9-25-29(18(22)3)31-32-33(25)4;1-5(2,3)4;/h6-12,21,23H,5,13-16H2,1-4H3,(H,30,35)(H,36,37);1H3,(H,2,3,4);1H2/t21-,23-;;/m1../s1. The molecule has 0 unspecified atom stereocenters. The highest BCUT2D eigenvalue weighted by atomic mass is 32.2. The first kappa shape index (κ1) is 34.4. The van der Waals surface area contributed by atoms with E-state index < -0.39 is 16.1 Å². The summed E-state index contributed by atoms with van der Waals surface area (Å²) in [7, 11) is -1.82. The SMILES string of the molecule is CC[C@@H]1CN(Cc2cc([C@@H](CC(=O)O)c3ccc4c(nnn4C)c3C)ccc2C)Cc2nc(O)ccc2O1.CS(=O)(=O)O.O. The predicted octanol–water partition coefficient (Wildman–Crippen LogP) is 3.14. The molecule has 0 saturated heterocycles. The topological polar surface area (TPSA) is 199 Å². The molecule has 0 saturated carbocycles. The van der Waals surface area contributed by atoms with Crippen LogP contribution in [0, 0.1) is 13.8 Å². The summed E-state index contributed by atoms with van der Waals surface area (Å²) in [5, 5.41) is 28.2. The Morgan fingerprint density at radius 3 is 2.52 bits per heavy atom. The first-order chi connectivity index (χ1) is 20.2. The maximum atomic E-state index is 12.0. The fourth-order valence-electron chi connectivity index (χ4n) is 5.34. The third-order valence-corrected chi connectivity index (χ3v) is 7.50. The minimum atomic E-state index is -3.67. The van der Waals surface area contributed by atoms with Gasteiger partial charge < -0.3 is 20.4 Å². The Morgan fingerprint density at radius 1 is 1.16 bits per heavy atom. The lowest BCUT2D eigenvalue weighted by atomic mass is 9.84. The Morgan fingerprint density at radius 2 is 1.86 bits per heavy atom. The van der Waals surface area contributed by atoms with Gasteiger partial charge in [0.2, 0.25) is 5.88 Å². The third-order valence-electron chi connectivity index (χ3n) is 7.50. The maximum Gasteiger partial charge on any atom is 0.304 e. The Bertz CT molecular complexity index is 1730. The number of fused-ring (bicyclic) bond motifs is 2. The lowest BCUT2D eigenvalue weighted by molar-refractivity contribution is -0.137. The van der Waals surface area contributed by atoms with Gasteiger partial charge in [0.15, 0.2) is 0 Å². The molecule has 0 radical (unpaired) electrons. The first-order valence-electron chi connectivity index (χ1n) is 13.8. The third kappa shape index (κ3) is 8.50. The monoisotopic (exact) mass is 629 g/mol. The van der Waals surface area contributed by atoms with Crippen molar-refractivity contribution in [2.75, 3.05) is 12.8 Å². The van der Waals surface area contributed by atoms with Gasteiger partial charge in [0.25, 0.3) is 10.1 Å². The molecular formula is C30H39N5O8S. The second-order valence-electron chi connectivity index (χ2n) is 10.9. The molecule has 1 aliphatic heterocycles. The number of hydrogen-bond donors (Lipinski definition) is 3. The van der Waals surface area contributed by atoms with E-state index in [1.165, 1.54) is 0 Å². The minimum absolute atomic E-state index is 0. The largest absolute Gasteiger partial charge is 0.493 e. The number of rotatable bonds is 7. The van der Waals surface area contributed by atoms with Crippen LogP contribution in [0.2, 0.25) is 0 Å². The summed E-state index contributed by atoms with van der Waals surface area (Å²) < 4.78 is 33.8. The minimum Gasteiger partial charge on any atom is -0.493 e. The van der Waals surface area contributed by atoms with Crippen LogP contribution in [-0.2, 0) is 35.0 Å². The van der Waals surface area contributed by atoms with Gasteiger partial charge in [-0.15, -0.1) is 5.10 Å². The zero-order valence-corrected chi connectivity index (χ0v) is 26.2. The second kappa shape index (κ2) is 14.1. The normalized spacial score (nSPS) is 15.6. The van der Waals surface area contributed by atoms with Gasteiger partial charge in [-0.1, -0.05) is 36.4 Å². The van der Waals surface area contributed by atoms with Crippen LogP contribution in [0.5, 0.6) is 11.6 Å². The van der Waals surface area contributed by atoms with Crippen LogP contribution < -0.4 is 4.74 Å². The van der Waals surface area contributed by atoms with Crippen LogP contribution in [0.4, 0.5) is 0 Å². The Hall–Kier alpha value is -4.11. The van der Waals surface area contributed by atoms with E-state index in [1.54, 1.807) is 16.8 Å². The van der Waals surface area contributed by atoms with Gasteiger partial charge in [-0.2, -0.15) is 8.42 Å². The molecule has 5 rings (SSSR count). The number of aryl methyl sites for hydroxylation is 3. The molecule has 0 fully saturated rings. The van der Waals surface area contributed by atoms with E-state index in [0.717, 1.165) is 51.8 Å². The average Bonchev–Trinajstić information content (AvgIpc) is 3.20. The molecule has 2 atom stereocenters. The van der Waals surface area contributed by atoms with Crippen LogP contribution in [0.25, 0.3) is 11.0 Å². The summed E-state index contributed by atoms with van der Waals surface area (Å²) in [5.74, 6) is -0.492. The number of carboxylic acid groups (broad SMARTS) is 1. The van der Waals surface area contributed by atoms with Gasteiger partial charge in [-0.3, -0.25) is 14.2 Å². The van der Waals surface area contributed by atoms with Crippen molar-refractivity contribution in [2.45, 2.75) is 58.7 Å². The van der Waals surface area contributed by atoms with Crippen molar-refractivity contribution in [1.82, 2.24) is 24.9 Å². The van der Waals surface area contributed by atoms with Crippen LogP contribution in [0.3, 0.4) is 0 Å². The van der Waals surface area contributed by atoms with Crippen LogP contribution in [0.1, 0.15) is 59.2 Å². The van der Waals surface area contributed by atoms with Gasteiger partial charge >= 0.3 is 5.97 Å². The average molecular weight is 630 g/mol. The molecule has 2 aromatic heterocycles. The number of aromatic nitrogens is 4. The molecular weight excluding hydrogens is 590 g/mol. The summed E-state index contributed by atoms with van der Waals surface area (Å²) in [5.41, 5.74) is 7.51. The van der Waals surface area contributed by atoms with Gasteiger partial charge in [0.1, 0.15) is 23.1 Å². The Labute approximate surface area is 256 Å². The van der Waals surface area contributed by atoms with E-state index in [1.807, 2.05) is 32.2 Å². The van der Waals surface area contributed by atoms with E-state index in [0.29, 0.717) is 30.8 Å². The summed E-state index contributed by atoms with van der Waals surface area (Å²) in [6.07, 6.45) is 1.54. The number of aliphatic carboxylic acids is 1. The molecule has 3 heterocycles. The lowest BCUT2D eigenvalue weighted by Gasteiger charge is -2.25. The number of aromatic hydroxyl groups is 1. The fraction of sp³-hybridized carbons (Fsp3) is 0.400. The highest BCUT2D eigenvalue weighted by Gasteiger charge is 2.26. The number of ether oxygens (including phenoxy) is 1. The van der Waals surface area contributed by atoms with Crippen LogP contribution >= 0.6 is 0 Å². The molecule has 5 N–H and O–H groups in total. The zero-order valence-electron chi connectivity index (χ0n) is 25.4. The second-order valence-corrected chi connectivity index (χ2v) is 12.3. The molecule has 238 valence electrons. The molecule has 44 heavy (non-hydrogen) atoms. The summed E-state index contributed by atoms with van der Waals surface area (Å²) >= 11 is 0. The zero-order chi connectivity index (χ0) is 31.5. The molecule has 4 aromatic rings. The van der Waals surface area contributed by atoms with Gasteiger partial charge in [0.05, 0.1) is 18.2 Å². The summed E-state index contributed by atoms with van der Waals surface area (Å²) in [6, 6.07) is 13.5. The van der Waals surface area contributed by atoms with E-state index >= 15 is 0 Å². The number of pyridine rings is 1. The molecule has 0 aliphatic carbocycles. The number of hydrogen-bond acceptors (Lipinski definition) is 9. The summed E-state index contributed by atoms with van der Waals surface area (Å²) in [4.78, 5) is 18.6. The van der Waals surface area contributed by atoms with Crippen molar-refractivity contribution < 1.29 is 38.2 Å². The van der Waals surface area contributed by atoms with Crippen molar-refractivity contribution >= 4 is 27.1 Å². The highest BCUT2D eigenvalue weighted by Crippen LogP contribution is 2.35. The Kier molecular flexibility index (Phi) is 11.0.